The number of nitrogens with zero attached hydrogens (tertiary/aromatic N) is 2. The number of halogens is 1. The summed E-state index contributed by atoms with van der Waals surface area (Å²) in [5.74, 6) is -0.284. The second kappa shape index (κ2) is 7.88. The molecule has 0 spiro atoms. The Labute approximate surface area is 179 Å². The molecule has 4 aromatic rings. The predicted molar refractivity (Wildman–Crippen MR) is 121 cm³/mol. The standard InChI is InChI=1S/C25H21ClN2O2/c1-15-8-10-19(16(2)12-15)23(29)21-14-28(13-18-6-4-5-7-22(18)26)25-20(24(21)30)11-9-17(3)27-25/h4-12,14H,13H2,1-3H3. The number of carbonyl (C=O) groups excluding carboxylic acids is 1. The third kappa shape index (κ3) is 3.66. The number of fused-ring (bicyclic) bond motifs is 1. The molecular formula is C25H21ClN2O2. The van der Waals surface area contributed by atoms with Gasteiger partial charge in [-0.15, -0.1) is 0 Å². The van der Waals surface area contributed by atoms with Gasteiger partial charge in [0.25, 0.3) is 0 Å². The number of aromatic nitrogens is 2. The molecule has 0 bridgehead atoms. The summed E-state index contributed by atoms with van der Waals surface area (Å²) < 4.78 is 1.84. The van der Waals surface area contributed by atoms with E-state index in [4.69, 9.17) is 11.6 Å². The average Bonchev–Trinajstić information content (AvgIpc) is 2.71. The number of pyridine rings is 2. The third-order valence-electron chi connectivity index (χ3n) is 5.23. The maximum Gasteiger partial charge on any atom is 0.202 e. The van der Waals surface area contributed by atoms with Crippen LogP contribution < -0.4 is 5.43 Å². The molecule has 0 amide bonds. The first kappa shape index (κ1) is 20.0. The van der Waals surface area contributed by atoms with Crippen LogP contribution in [-0.4, -0.2) is 15.3 Å². The van der Waals surface area contributed by atoms with E-state index in [1.807, 2.05) is 61.7 Å². The maximum atomic E-state index is 13.3. The summed E-state index contributed by atoms with van der Waals surface area (Å²) in [6.07, 6.45) is 1.61. The minimum absolute atomic E-state index is 0.132. The second-order valence-electron chi connectivity index (χ2n) is 7.56. The number of aryl methyl sites for hydroxylation is 3. The van der Waals surface area contributed by atoms with Crippen LogP contribution in [0.4, 0.5) is 0 Å². The highest BCUT2D eigenvalue weighted by Crippen LogP contribution is 2.21. The Kier molecular flexibility index (Phi) is 5.27. The third-order valence-corrected chi connectivity index (χ3v) is 5.60. The van der Waals surface area contributed by atoms with Crippen molar-refractivity contribution < 1.29 is 4.79 Å². The molecule has 0 saturated carbocycles. The van der Waals surface area contributed by atoms with E-state index >= 15 is 0 Å². The van der Waals surface area contributed by atoms with Crippen molar-refractivity contribution in [2.24, 2.45) is 0 Å². The van der Waals surface area contributed by atoms with Crippen molar-refractivity contribution in [3.05, 3.63) is 110 Å². The van der Waals surface area contributed by atoms with Crippen LogP contribution in [0.15, 0.2) is 65.6 Å². The molecule has 0 radical (unpaired) electrons. The Balaban J connectivity index is 1.94. The highest BCUT2D eigenvalue weighted by Gasteiger charge is 2.19. The first-order chi connectivity index (χ1) is 14.3. The van der Waals surface area contributed by atoms with Gasteiger partial charge in [-0.05, 0) is 50.1 Å². The fraction of sp³-hybridized carbons (Fsp3) is 0.160. The lowest BCUT2D eigenvalue weighted by Crippen LogP contribution is -2.21. The topological polar surface area (TPSA) is 52.0 Å². The van der Waals surface area contributed by atoms with Crippen molar-refractivity contribution >= 4 is 28.4 Å². The molecule has 0 aliphatic heterocycles. The SMILES string of the molecule is Cc1ccc(C(=O)c2cn(Cc3ccccc3Cl)c3nc(C)ccc3c2=O)c(C)c1. The Bertz CT molecular complexity index is 1360. The zero-order valence-electron chi connectivity index (χ0n) is 17.1. The van der Waals surface area contributed by atoms with Crippen LogP contribution >= 0.6 is 11.6 Å². The van der Waals surface area contributed by atoms with E-state index in [2.05, 4.69) is 4.98 Å². The van der Waals surface area contributed by atoms with E-state index in [0.717, 1.165) is 22.4 Å². The Hall–Kier alpha value is -3.24. The molecule has 0 aliphatic rings. The molecule has 0 N–H and O–H groups in total. The second-order valence-corrected chi connectivity index (χ2v) is 7.97. The van der Waals surface area contributed by atoms with E-state index in [0.29, 0.717) is 28.2 Å². The summed E-state index contributed by atoms with van der Waals surface area (Å²) in [6, 6.07) is 16.7. The fourth-order valence-corrected chi connectivity index (χ4v) is 3.86. The quantitative estimate of drug-likeness (QED) is 0.427. The first-order valence-electron chi connectivity index (χ1n) is 9.71. The van der Waals surface area contributed by atoms with Crippen LogP contribution in [0.3, 0.4) is 0 Å². The highest BCUT2D eigenvalue weighted by molar-refractivity contribution is 6.31. The monoisotopic (exact) mass is 416 g/mol. The Morgan fingerprint density at radius 2 is 1.77 bits per heavy atom. The van der Waals surface area contributed by atoms with Crippen LogP contribution in [0, 0.1) is 20.8 Å². The van der Waals surface area contributed by atoms with Crippen molar-refractivity contribution in [3.8, 4) is 0 Å². The fourth-order valence-electron chi connectivity index (χ4n) is 3.67. The van der Waals surface area contributed by atoms with E-state index in [-0.39, 0.29) is 16.8 Å². The van der Waals surface area contributed by atoms with Crippen LogP contribution in [0.5, 0.6) is 0 Å². The van der Waals surface area contributed by atoms with Gasteiger partial charge in [0.1, 0.15) is 5.65 Å². The number of benzene rings is 2. The minimum atomic E-state index is -0.308. The van der Waals surface area contributed by atoms with Crippen LogP contribution in [0.2, 0.25) is 5.02 Å². The van der Waals surface area contributed by atoms with Gasteiger partial charge in [0.15, 0.2) is 5.78 Å². The highest BCUT2D eigenvalue weighted by atomic mass is 35.5. The molecule has 2 aromatic heterocycles. The van der Waals surface area contributed by atoms with Crippen molar-refractivity contribution in [2.45, 2.75) is 27.3 Å². The maximum absolute atomic E-state index is 13.3. The molecule has 30 heavy (non-hydrogen) atoms. The van der Waals surface area contributed by atoms with Crippen molar-refractivity contribution in [2.75, 3.05) is 0 Å². The van der Waals surface area contributed by atoms with Gasteiger partial charge in [0, 0.05) is 22.5 Å². The summed E-state index contributed by atoms with van der Waals surface area (Å²) in [7, 11) is 0. The van der Waals surface area contributed by atoms with Gasteiger partial charge in [0.2, 0.25) is 5.43 Å². The number of hydrogen-bond donors (Lipinski definition) is 0. The largest absolute Gasteiger partial charge is 0.327 e. The summed E-state index contributed by atoms with van der Waals surface area (Å²) in [5, 5.41) is 1.04. The van der Waals surface area contributed by atoms with Gasteiger partial charge in [-0.3, -0.25) is 9.59 Å². The molecule has 0 aliphatic carbocycles. The summed E-state index contributed by atoms with van der Waals surface area (Å²) in [6.45, 7) is 6.13. The summed E-state index contributed by atoms with van der Waals surface area (Å²) >= 11 is 6.36. The Morgan fingerprint density at radius 1 is 1.00 bits per heavy atom. The molecule has 0 unspecified atom stereocenters. The van der Waals surface area contributed by atoms with E-state index in [1.165, 1.54) is 0 Å². The van der Waals surface area contributed by atoms with Crippen molar-refractivity contribution in [1.29, 1.82) is 0 Å². The smallest absolute Gasteiger partial charge is 0.202 e. The Morgan fingerprint density at radius 3 is 2.50 bits per heavy atom. The predicted octanol–water partition coefficient (Wildman–Crippen LogP) is 5.25. The van der Waals surface area contributed by atoms with Crippen LogP contribution in [-0.2, 0) is 6.54 Å². The van der Waals surface area contributed by atoms with Gasteiger partial charge in [-0.25, -0.2) is 4.98 Å². The van der Waals surface area contributed by atoms with Gasteiger partial charge in [-0.2, -0.15) is 0 Å². The molecule has 0 saturated heterocycles. The normalized spacial score (nSPS) is 11.1. The van der Waals surface area contributed by atoms with Crippen molar-refractivity contribution in [3.63, 3.8) is 0 Å². The van der Waals surface area contributed by atoms with E-state index < -0.39 is 0 Å². The van der Waals surface area contributed by atoms with Gasteiger partial charge >= 0.3 is 0 Å². The number of hydrogen-bond acceptors (Lipinski definition) is 3. The van der Waals surface area contributed by atoms with E-state index in [9.17, 15) is 9.59 Å². The number of carbonyl (C=O) groups is 1. The molecule has 2 heterocycles. The summed E-state index contributed by atoms with van der Waals surface area (Å²) in [4.78, 5) is 31.1. The van der Waals surface area contributed by atoms with Crippen LogP contribution in [0.1, 0.15) is 38.3 Å². The lowest BCUT2D eigenvalue weighted by molar-refractivity contribution is 0.103. The van der Waals surface area contributed by atoms with Gasteiger partial charge < -0.3 is 4.57 Å². The van der Waals surface area contributed by atoms with Crippen molar-refractivity contribution in [1.82, 2.24) is 9.55 Å². The average molecular weight is 417 g/mol. The molecule has 0 fully saturated rings. The molecular weight excluding hydrogens is 396 g/mol. The zero-order valence-corrected chi connectivity index (χ0v) is 17.8. The molecule has 4 nitrogen and oxygen atoms in total. The minimum Gasteiger partial charge on any atom is -0.327 e. The summed E-state index contributed by atoms with van der Waals surface area (Å²) in [5.41, 5.74) is 4.49. The molecule has 4 rings (SSSR count). The molecule has 5 heteroatoms. The molecule has 0 atom stereocenters. The van der Waals surface area contributed by atoms with E-state index in [1.54, 1.807) is 24.4 Å². The first-order valence-corrected chi connectivity index (χ1v) is 10.1. The molecule has 150 valence electrons. The lowest BCUT2D eigenvalue weighted by atomic mass is 9.97. The number of ketones is 1. The number of rotatable bonds is 4. The lowest BCUT2D eigenvalue weighted by Gasteiger charge is -2.14. The zero-order chi connectivity index (χ0) is 21.4. The van der Waals surface area contributed by atoms with Crippen LogP contribution in [0.25, 0.3) is 11.0 Å². The molecule has 2 aromatic carbocycles. The van der Waals surface area contributed by atoms with Gasteiger partial charge in [-0.1, -0.05) is 53.6 Å². The van der Waals surface area contributed by atoms with Gasteiger partial charge in [0.05, 0.1) is 17.5 Å².